The molecule has 1 aliphatic rings. The Morgan fingerprint density at radius 1 is 1.35 bits per heavy atom. The number of likely N-dealkylation sites (N-methyl/N-ethyl adjacent to an activating group) is 2. The highest BCUT2D eigenvalue weighted by Crippen LogP contribution is 2.27. The van der Waals surface area contributed by atoms with Gasteiger partial charge in [0.1, 0.15) is 0 Å². The molecule has 0 saturated carbocycles. The van der Waals surface area contributed by atoms with E-state index in [1.807, 2.05) is 32.1 Å². The van der Waals surface area contributed by atoms with E-state index >= 15 is 0 Å². The van der Waals surface area contributed by atoms with Crippen molar-refractivity contribution in [1.29, 1.82) is 0 Å². The number of hydrogen-bond donors (Lipinski definition) is 1. The van der Waals surface area contributed by atoms with Crippen molar-refractivity contribution >= 4 is 17.3 Å². The zero-order valence-electron chi connectivity index (χ0n) is 10.7. The molecule has 0 spiro atoms. The van der Waals surface area contributed by atoms with Gasteiger partial charge in [0, 0.05) is 25.0 Å². The number of carbonyl (C=O) groups excluding carboxylic acids is 1. The van der Waals surface area contributed by atoms with Crippen LogP contribution in [0.5, 0.6) is 0 Å². The maximum absolute atomic E-state index is 11.9. The molecular weight excluding hydrogens is 214 g/mol. The molecule has 17 heavy (non-hydrogen) atoms. The number of nitrogens with zero attached hydrogens (tertiary/aromatic N) is 2. The zero-order valence-corrected chi connectivity index (χ0v) is 10.7. The Hall–Kier alpha value is -1.55. The number of hydrogen-bond acceptors (Lipinski definition) is 3. The molecule has 4 nitrogen and oxygen atoms in total. The van der Waals surface area contributed by atoms with Crippen molar-refractivity contribution in [1.82, 2.24) is 4.90 Å². The predicted octanol–water partition coefficient (Wildman–Crippen LogP) is 1.18. The minimum Gasteiger partial charge on any atom is -0.384 e. The number of amides is 1. The average molecular weight is 233 g/mol. The van der Waals surface area contributed by atoms with Crippen LogP contribution in [0.3, 0.4) is 0 Å². The van der Waals surface area contributed by atoms with Gasteiger partial charge in [-0.2, -0.15) is 0 Å². The lowest BCUT2D eigenvalue weighted by Gasteiger charge is -2.20. The molecular formula is C13H19N3O. The molecule has 0 aromatic heterocycles. The van der Waals surface area contributed by atoms with Gasteiger partial charge in [0.05, 0.1) is 6.54 Å². The van der Waals surface area contributed by atoms with Crippen molar-refractivity contribution < 1.29 is 4.79 Å². The molecule has 0 radical (unpaired) electrons. The molecule has 1 aromatic rings. The number of fused-ring (bicyclic) bond motifs is 1. The van der Waals surface area contributed by atoms with E-state index in [4.69, 9.17) is 0 Å². The first-order valence-corrected chi connectivity index (χ1v) is 5.86. The van der Waals surface area contributed by atoms with E-state index in [-0.39, 0.29) is 5.91 Å². The van der Waals surface area contributed by atoms with E-state index in [1.54, 1.807) is 4.90 Å². The van der Waals surface area contributed by atoms with Gasteiger partial charge in [-0.1, -0.05) is 6.07 Å². The molecule has 0 atom stereocenters. The minimum absolute atomic E-state index is 0.105. The fourth-order valence-electron chi connectivity index (χ4n) is 2.01. The Labute approximate surface area is 102 Å². The van der Waals surface area contributed by atoms with Gasteiger partial charge >= 0.3 is 0 Å². The minimum atomic E-state index is 0.105. The molecule has 1 amide bonds. The summed E-state index contributed by atoms with van der Waals surface area (Å²) in [5.41, 5.74) is 3.44. The summed E-state index contributed by atoms with van der Waals surface area (Å²) >= 11 is 0. The summed E-state index contributed by atoms with van der Waals surface area (Å²) in [5.74, 6) is 0.105. The largest absolute Gasteiger partial charge is 0.384 e. The molecule has 0 aliphatic carbocycles. The maximum atomic E-state index is 11.9. The fraction of sp³-hybridized carbons (Fsp3) is 0.462. The third-order valence-electron chi connectivity index (χ3n) is 3.02. The number of carbonyl (C=O) groups is 1. The third-order valence-corrected chi connectivity index (χ3v) is 3.02. The Morgan fingerprint density at radius 2 is 2.12 bits per heavy atom. The highest BCUT2D eigenvalue weighted by atomic mass is 16.2. The van der Waals surface area contributed by atoms with E-state index in [1.165, 1.54) is 5.56 Å². The molecule has 1 N–H and O–H groups in total. The first kappa shape index (κ1) is 11.9. The summed E-state index contributed by atoms with van der Waals surface area (Å²) in [6, 6.07) is 6.17. The first-order valence-electron chi connectivity index (χ1n) is 5.86. The van der Waals surface area contributed by atoms with Crippen LogP contribution in [0.25, 0.3) is 0 Å². The highest BCUT2D eigenvalue weighted by Gasteiger charge is 2.15. The molecule has 1 aromatic carbocycles. The number of rotatable bonds is 3. The van der Waals surface area contributed by atoms with Gasteiger partial charge in [-0.15, -0.1) is 0 Å². The van der Waals surface area contributed by atoms with Crippen LogP contribution in [-0.4, -0.2) is 45.0 Å². The van der Waals surface area contributed by atoms with Crippen LogP contribution in [0.1, 0.15) is 5.56 Å². The van der Waals surface area contributed by atoms with Gasteiger partial charge in [0.2, 0.25) is 5.91 Å². The smallest absolute Gasteiger partial charge is 0.240 e. The lowest BCUT2D eigenvalue weighted by atomic mass is 10.1. The molecule has 0 unspecified atom stereocenters. The van der Waals surface area contributed by atoms with Crippen LogP contribution in [0.4, 0.5) is 11.4 Å². The van der Waals surface area contributed by atoms with Crippen LogP contribution in [-0.2, 0) is 11.2 Å². The zero-order chi connectivity index (χ0) is 12.4. The molecule has 1 heterocycles. The van der Waals surface area contributed by atoms with Crippen molar-refractivity contribution in [3.63, 3.8) is 0 Å². The van der Waals surface area contributed by atoms with Gasteiger partial charge in [-0.25, -0.2) is 0 Å². The van der Waals surface area contributed by atoms with E-state index in [0.29, 0.717) is 6.54 Å². The second-order valence-corrected chi connectivity index (χ2v) is 4.71. The second kappa shape index (κ2) is 4.75. The van der Waals surface area contributed by atoms with E-state index in [2.05, 4.69) is 17.4 Å². The lowest BCUT2D eigenvalue weighted by Crippen LogP contribution is -2.35. The van der Waals surface area contributed by atoms with Crippen LogP contribution in [0.15, 0.2) is 18.2 Å². The van der Waals surface area contributed by atoms with Gasteiger partial charge in [0.15, 0.2) is 0 Å². The molecule has 0 fully saturated rings. The van der Waals surface area contributed by atoms with Crippen LogP contribution >= 0.6 is 0 Å². The van der Waals surface area contributed by atoms with Crippen LogP contribution in [0.2, 0.25) is 0 Å². The summed E-state index contributed by atoms with van der Waals surface area (Å²) in [5, 5.41) is 3.33. The topological polar surface area (TPSA) is 35.6 Å². The Morgan fingerprint density at radius 3 is 2.82 bits per heavy atom. The SMILES string of the molecule is CN(C)CC(=O)N(C)c1ccc2c(c1)NCC2. The van der Waals surface area contributed by atoms with E-state index in [0.717, 1.165) is 24.3 Å². The summed E-state index contributed by atoms with van der Waals surface area (Å²) in [4.78, 5) is 15.5. The molecule has 1 aliphatic heterocycles. The number of benzene rings is 1. The molecule has 0 saturated heterocycles. The normalized spacial score (nSPS) is 13.4. The van der Waals surface area contributed by atoms with Gasteiger partial charge < -0.3 is 15.1 Å². The highest BCUT2D eigenvalue weighted by molar-refractivity contribution is 5.94. The van der Waals surface area contributed by atoms with Crippen molar-refractivity contribution in [2.75, 3.05) is 44.4 Å². The average Bonchev–Trinajstić information content (AvgIpc) is 2.73. The number of nitrogens with one attached hydrogen (secondary N) is 1. The second-order valence-electron chi connectivity index (χ2n) is 4.71. The summed E-state index contributed by atoms with van der Waals surface area (Å²) < 4.78 is 0. The van der Waals surface area contributed by atoms with Crippen molar-refractivity contribution in [2.45, 2.75) is 6.42 Å². The van der Waals surface area contributed by atoms with Crippen molar-refractivity contribution in [3.05, 3.63) is 23.8 Å². The Kier molecular flexibility index (Phi) is 3.33. The summed E-state index contributed by atoms with van der Waals surface area (Å²) in [7, 11) is 5.62. The number of anilines is 2. The summed E-state index contributed by atoms with van der Waals surface area (Å²) in [6.45, 7) is 1.43. The van der Waals surface area contributed by atoms with Gasteiger partial charge in [-0.3, -0.25) is 4.79 Å². The lowest BCUT2D eigenvalue weighted by molar-refractivity contribution is -0.118. The third kappa shape index (κ3) is 2.58. The molecule has 0 bridgehead atoms. The predicted molar refractivity (Wildman–Crippen MR) is 70.6 cm³/mol. The van der Waals surface area contributed by atoms with Crippen molar-refractivity contribution in [3.8, 4) is 0 Å². The monoisotopic (exact) mass is 233 g/mol. The van der Waals surface area contributed by atoms with Gasteiger partial charge in [0.25, 0.3) is 0 Å². The van der Waals surface area contributed by atoms with E-state index < -0.39 is 0 Å². The van der Waals surface area contributed by atoms with Crippen LogP contribution in [0, 0.1) is 0 Å². The standard InChI is InChI=1S/C13H19N3O/c1-15(2)9-13(17)16(3)11-5-4-10-6-7-14-12(10)8-11/h4-5,8,14H,6-7,9H2,1-3H3. The first-order chi connectivity index (χ1) is 8.08. The van der Waals surface area contributed by atoms with Crippen molar-refractivity contribution in [2.24, 2.45) is 0 Å². The Bertz CT molecular complexity index is 429. The molecule has 92 valence electrons. The fourth-order valence-corrected chi connectivity index (χ4v) is 2.01. The molecule has 4 heteroatoms. The molecule has 2 rings (SSSR count). The van der Waals surface area contributed by atoms with Gasteiger partial charge in [-0.05, 0) is 38.2 Å². The maximum Gasteiger partial charge on any atom is 0.240 e. The van der Waals surface area contributed by atoms with Crippen LogP contribution < -0.4 is 10.2 Å². The quantitative estimate of drug-likeness (QED) is 0.851. The Balaban J connectivity index is 2.14. The summed E-state index contributed by atoms with van der Waals surface area (Å²) in [6.07, 6.45) is 1.07. The van der Waals surface area contributed by atoms with E-state index in [9.17, 15) is 4.79 Å².